The van der Waals surface area contributed by atoms with Gasteiger partial charge in [0.05, 0.1) is 18.4 Å². The van der Waals surface area contributed by atoms with E-state index in [-0.39, 0.29) is 12.1 Å². The molecule has 1 unspecified atom stereocenters. The summed E-state index contributed by atoms with van der Waals surface area (Å²) in [4.78, 5) is 37.1. The number of nitrogens with zero attached hydrogens (tertiary/aromatic N) is 1. The molecule has 1 fully saturated rings. The highest BCUT2D eigenvalue weighted by Gasteiger charge is 2.51. The Morgan fingerprint density at radius 1 is 1.26 bits per heavy atom. The monoisotopic (exact) mass is 314 g/mol. The zero-order valence-corrected chi connectivity index (χ0v) is 12.3. The number of aromatic carboxylic acids is 1. The predicted molar refractivity (Wildman–Crippen MR) is 78.5 cm³/mol. The summed E-state index contributed by atoms with van der Waals surface area (Å²) in [6.07, 6.45) is 1.42. The summed E-state index contributed by atoms with van der Waals surface area (Å²) in [5.41, 5.74) is -0.856. The minimum Gasteiger partial charge on any atom is -0.478 e. The summed E-state index contributed by atoms with van der Waals surface area (Å²) in [6.45, 7) is 1.43. The normalized spacial score (nSPS) is 20.7. The Labute approximate surface area is 131 Å². The van der Waals surface area contributed by atoms with Gasteiger partial charge in [-0.2, -0.15) is 0 Å². The molecule has 0 saturated carbocycles. The van der Waals surface area contributed by atoms with Gasteiger partial charge in [0.15, 0.2) is 5.54 Å². The number of hydrogen-bond acceptors (Lipinski definition) is 4. The van der Waals surface area contributed by atoms with Gasteiger partial charge in [-0.1, -0.05) is 18.2 Å². The Hall–Kier alpha value is -3.09. The van der Waals surface area contributed by atoms with Crippen molar-refractivity contribution < 1.29 is 23.9 Å². The standard InChI is InChI=1S/C16H14N2O5/c1-16(12-7-4-8-23-12)14(21)18(15(22)17-16)9-10-5-2-3-6-11(10)13(19)20/h2-8H,9H2,1H3,(H,17,22)(H,19,20). The molecule has 23 heavy (non-hydrogen) atoms. The molecule has 3 amide bonds. The van der Waals surface area contributed by atoms with E-state index in [1.807, 2.05) is 0 Å². The first kappa shape index (κ1) is 14.8. The zero-order chi connectivity index (χ0) is 16.6. The lowest BCUT2D eigenvalue weighted by Crippen LogP contribution is -2.40. The summed E-state index contributed by atoms with van der Waals surface area (Å²) in [5.74, 6) is -1.27. The SMILES string of the molecule is CC1(c2ccco2)NC(=O)N(Cc2ccccc2C(=O)O)C1=O. The maximum Gasteiger partial charge on any atom is 0.336 e. The molecule has 1 aliphatic heterocycles. The molecular formula is C16H14N2O5. The molecule has 7 heteroatoms. The molecule has 2 aromatic rings. The Balaban J connectivity index is 1.92. The smallest absolute Gasteiger partial charge is 0.336 e. The molecule has 0 bridgehead atoms. The van der Waals surface area contributed by atoms with E-state index in [9.17, 15) is 19.5 Å². The van der Waals surface area contributed by atoms with E-state index in [2.05, 4.69) is 5.32 Å². The highest BCUT2D eigenvalue weighted by atomic mass is 16.4. The lowest BCUT2D eigenvalue weighted by Gasteiger charge is -2.19. The van der Waals surface area contributed by atoms with Crippen LogP contribution < -0.4 is 5.32 Å². The number of hydrogen-bond donors (Lipinski definition) is 2. The number of carbonyl (C=O) groups excluding carboxylic acids is 2. The van der Waals surface area contributed by atoms with Crippen LogP contribution in [0.5, 0.6) is 0 Å². The van der Waals surface area contributed by atoms with Crippen LogP contribution in [-0.2, 0) is 16.9 Å². The summed E-state index contributed by atoms with van der Waals surface area (Å²) in [5, 5.41) is 11.8. The van der Waals surface area contributed by atoms with Crippen molar-refractivity contribution in [3.05, 3.63) is 59.5 Å². The zero-order valence-electron chi connectivity index (χ0n) is 12.3. The molecule has 3 rings (SSSR count). The third-order valence-electron chi connectivity index (χ3n) is 3.87. The van der Waals surface area contributed by atoms with Gasteiger partial charge < -0.3 is 14.8 Å². The van der Waals surface area contributed by atoms with Crippen LogP contribution in [0.15, 0.2) is 47.1 Å². The number of imide groups is 1. The van der Waals surface area contributed by atoms with Crippen LogP contribution in [0.2, 0.25) is 0 Å². The first-order chi connectivity index (χ1) is 10.9. The molecule has 1 aromatic heterocycles. The van der Waals surface area contributed by atoms with Gasteiger partial charge >= 0.3 is 12.0 Å². The van der Waals surface area contributed by atoms with E-state index in [0.29, 0.717) is 11.3 Å². The topological polar surface area (TPSA) is 99.8 Å². The minimum atomic E-state index is -1.29. The van der Waals surface area contributed by atoms with Gasteiger partial charge in [-0.25, -0.2) is 9.59 Å². The first-order valence-corrected chi connectivity index (χ1v) is 6.93. The summed E-state index contributed by atoms with van der Waals surface area (Å²) in [7, 11) is 0. The van der Waals surface area contributed by atoms with Gasteiger partial charge in [-0.3, -0.25) is 9.69 Å². The first-order valence-electron chi connectivity index (χ1n) is 6.93. The van der Waals surface area contributed by atoms with Crippen molar-refractivity contribution in [1.29, 1.82) is 0 Å². The van der Waals surface area contributed by atoms with Crippen LogP contribution in [0.1, 0.15) is 28.6 Å². The number of carbonyl (C=O) groups is 3. The third-order valence-corrected chi connectivity index (χ3v) is 3.87. The molecule has 1 saturated heterocycles. The van der Waals surface area contributed by atoms with Crippen molar-refractivity contribution in [3.8, 4) is 0 Å². The quantitative estimate of drug-likeness (QED) is 0.840. The second-order valence-corrected chi connectivity index (χ2v) is 5.39. The van der Waals surface area contributed by atoms with Crippen molar-refractivity contribution >= 4 is 17.9 Å². The molecule has 0 spiro atoms. The molecule has 1 aromatic carbocycles. The fourth-order valence-corrected chi connectivity index (χ4v) is 2.61. The summed E-state index contributed by atoms with van der Waals surface area (Å²) in [6, 6.07) is 8.90. The Morgan fingerprint density at radius 3 is 2.65 bits per heavy atom. The Kier molecular flexibility index (Phi) is 3.40. The maximum atomic E-state index is 12.7. The second-order valence-electron chi connectivity index (χ2n) is 5.39. The van der Waals surface area contributed by atoms with Crippen LogP contribution in [0, 0.1) is 0 Å². The molecule has 0 aliphatic carbocycles. The van der Waals surface area contributed by atoms with Crippen molar-refractivity contribution in [3.63, 3.8) is 0 Å². The second kappa shape index (κ2) is 5.28. The molecule has 1 aliphatic rings. The molecule has 2 N–H and O–H groups in total. The van der Waals surface area contributed by atoms with Gasteiger partial charge in [0, 0.05) is 0 Å². The van der Waals surface area contributed by atoms with E-state index >= 15 is 0 Å². The summed E-state index contributed by atoms with van der Waals surface area (Å²) >= 11 is 0. The highest BCUT2D eigenvalue weighted by Crippen LogP contribution is 2.30. The minimum absolute atomic E-state index is 0.0553. The molecule has 1 atom stereocenters. The fraction of sp³-hybridized carbons (Fsp3) is 0.188. The van der Waals surface area contributed by atoms with Gasteiger partial charge in [0.25, 0.3) is 5.91 Å². The van der Waals surface area contributed by atoms with E-state index in [0.717, 1.165) is 4.90 Å². The summed E-state index contributed by atoms with van der Waals surface area (Å²) < 4.78 is 5.24. The van der Waals surface area contributed by atoms with Crippen LogP contribution >= 0.6 is 0 Å². The van der Waals surface area contributed by atoms with Crippen LogP contribution in [-0.4, -0.2) is 27.9 Å². The van der Waals surface area contributed by atoms with Crippen LogP contribution in [0.25, 0.3) is 0 Å². The van der Waals surface area contributed by atoms with Crippen LogP contribution in [0.4, 0.5) is 4.79 Å². The molecular weight excluding hydrogens is 300 g/mol. The number of urea groups is 1. The lowest BCUT2D eigenvalue weighted by molar-refractivity contribution is -0.132. The van der Waals surface area contributed by atoms with Gasteiger partial charge in [-0.05, 0) is 30.7 Å². The largest absolute Gasteiger partial charge is 0.478 e. The number of rotatable bonds is 4. The van der Waals surface area contributed by atoms with E-state index < -0.39 is 23.4 Å². The average molecular weight is 314 g/mol. The molecule has 2 heterocycles. The number of benzene rings is 1. The molecule has 118 valence electrons. The van der Waals surface area contributed by atoms with E-state index in [4.69, 9.17) is 4.42 Å². The van der Waals surface area contributed by atoms with Gasteiger partial charge in [-0.15, -0.1) is 0 Å². The van der Waals surface area contributed by atoms with Crippen LogP contribution in [0.3, 0.4) is 0 Å². The lowest BCUT2D eigenvalue weighted by atomic mass is 9.99. The third kappa shape index (κ3) is 2.36. The number of furan rings is 1. The van der Waals surface area contributed by atoms with E-state index in [1.54, 1.807) is 37.3 Å². The van der Waals surface area contributed by atoms with Gasteiger partial charge in [0.1, 0.15) is 5.76 Å². The average Bonchev–Trinajstić information content (AvgIpc) is 3.12. The number of carboxylic acids is 1. The predicted octanol–water partition coefficient (Wildman–Crippen LogP) is 1.95. The van der Waals surface area contributed by atoms with Crippen molar-refractivity contribution in [2.24, 2.45) is 0 Å². The Bertz CT molecular complexity index is 784. The highest BCUT2D eigenvalue weighted by molar-refractivity contribution is 6.07. The maximum absolute atomic E-state index is 12.7. The number of nitrogens with one attached hydrogen (secondary N) is 1. The van der Waals surface area contributed by atoms with Crippen molar-refractivity contribution in [1.82, 2.24) is 10.2 Å². The van der Waals surface area contributed by atoms with Crippen molar-refractivity contribution in [2.75, 3.05) is 0 Å². The fourth-order valence-electron chi connectivity index (χ4n) is 2.61. The van der Waals surface area contributed by atoms with Gasteiger partial charge in [0.2, 0.25) is 0 Å². The number of amides is 3. The number of carboxylic acid groups (broad SMARTS) is 1. The Morgan fingerprint density at radius 2 is 2.00 bits per heavy atom. The van der Waals surface area contributed by atoms with Crippen molar-refractivity contribution in [2.45, 2.75) is 19.0 Å². The molecule has 7 nitrogen and oxygen atoms in total. The molecule has 0 radical (unpaired) electrons. The van der Waals surface area contributed by atoms with E-state index in [1.165, 1.54) is 12.3 Å².